The second-order valence-electron chi connectivity index (χ2n) is 9.31. The minimum absolute atomic E-state index is 0.788. The van der Waals surface area contributed by atoms with E-state index in [9.17, 15) is 61.0 Å². The van der Waals surface area contributed by atoms with Gasteiger partial charge in [-0.25, -0.2) is 0 Å². The SMILES string of the molecule is CC(=O)N[C@@H]1[C@@H](O)[C@H](O[C@@H]2O[C@H](CO)[C@H](O)[C@H](O)[C@H]2O)[C@@H](CO)OC1(O)C1O[C@H](CO)[C@H](O)[C@H](O)[C@H]1O. The third-order valence-corrected chi connectivity index (χ3v) is 6.81. The van der Waals surface area contributed by atoms with Gasteiger partial charge in [0.1, 0.15) is 79.3 Å². The van der Waals surface area contributed by atoms with E-state index >= 15 is 0 Å². The summed E-state index contributed by atoms with van der Waals surface area (Å²) in [6.45, 7) is -1.63. The van der Waals surface area contributed by atoms with Crippen molar-refractivity contribution in [2.75, 3.05) is 19.8 Å². The molecule has 3 heterocycles. The Morgan fingerprint density at radius 2 is 1.27 bits per heavy atom. The Balaban J connectivity index is 1.94. The molecule has 1 amide bonds. The molecule has 3 aliphatic rings. The first-order valence-corrected chi connectivity index (χ1v) is 11.5. The molecule has 0 aromatic rings. The molecule has 3 fully saturated rings. The number of hydrogen-bond donors (Lipinski definition) is 12. The standard InChI is InChI=1S/C20H35NO16/c1-5(25)21-17-15(32)16(36-19-14(31)12(29)10(27)7(3-23)35-19)8(4-24)37-20(17,33)18-13(30)11(28)9(26)6(2-22)34-18/h6-19,22-24,26-33H,2-4H2,1H3,(H,21,25)/t6-,7-,8-,9+,10+,11+,12+,13-,14-,15+,16-,17-,18?,19+,20?/m1/s1. The van der Waals surface area contributed by atoms with Gasteiger partial charge in [-0.05, 0) is 0 Å². The third kappa shape index (κ3) is 5.62. The molecule has 0 aromatic heterocycles. The average Bonchev–Trinajstić information content (AvgIpc) is 2.86. The lowest BCUT2D eigenvalue weighted by Crippen LogP contribution is -2.78. The van der Waals surface area contributed by atoms with Crippen molar-refractivity contribution in [2.45, 2.75) is 98.3 Å². The van der Waals surface area contributed by atoms with Crippen molar-refractivity contribution in [3.63, 3.8) is 0 Å². The highest BCUT2D eigenvalue weighted by Crippen LogP contribution is 2.39. The number of aliphatic hydroxyl groups is 11. The van der Waals surface area contributed by atoms with Crippen LogP contribution < -0.4 is 5.32 Å². The number of ether oxygens (including phenoxy) is 4. The summed E-state index contributed by atoms with van der Waals surface area (Å²) in [6, 6.07) is -1.91. The van der Waals surface area contributed by atoms with E-state index in [1.807, 2.05) is 0 Å². The van der Waals surface area contributed by atoms with Gasteiger partial charge in [0.15, 0.2) is 6.29 Å². The second-order valence-corrected chi connectivity index (χ2v) is 9.31. The van der Waals surface area contributed by atoms with Crippen molar-refractivity contribution < 1.29 is 79.9 Å². The molecule has 17 nitrogen and oxygen atoms in total. The van der Waals surface area contributed by atoms with Crippen LogP contribution in [0.15, 0.2) is 0 Å². The van der Waals surface area contributed by atoms with Crippen LogP contribution in [0.4, 0.5) is 0 Å². The maximum atomic E-state index is 11.9. The first-order chi connectivity index (χ1) is 17.3. The summed E-state index contributed by atoms with van der Waals surface area (Å²) < 4.78 is 21.7. The molecule has 37 heavy (non-hydrogen) atoms. The Morgan fingerprint density at radius 1 is 0.757 bits per heavy atom. The lowest BCUT2D eigenvalue weighted by atomic mass is 9.81. The fraction of sp³-hybridized carbons (Fsp3) is 0.950. The van der Waals surface area contributed by atoms with Gasteiger partial charge >= 0.3 is 0 Å². The van der Waals surface area contributed by atoms with Crippen LogP contribution in [0.3, 0.4) is 0 Å². The van der Waals surface area contributed by atoms with Crippen molar-refractivity contribution in [2.24, 2.45) is 0 Å². The Hall–Kier alpha value is -1.13. The van der Waals surface area contributed by atoms with Gasteiger partial charge in [0.25, 0.3) is 0 Å². The zero-order valence-corrected chi connectivity index (χ0v) is 19.7. The predicted octanol–water partition coefficient (Wildman–Crippen LogP) is -8.04. The van der Waals surface area contributed by atoms with Crippen LogP contribution in [0.1, 0.15) is 6.92 Å². The molecule has 0 spiro atoms. The summed E-state index contributed by atoms with van der Waals surface area (Å²) in [5.41, 5.74) is 0. The van der Waals surface area contributed by atoms with E-state index in [-0.39, 0.29) is 0 Å². The highest BCUT2D eigenvalue weighted by atomic mass is 16.7. The molecular formula is C20H35NO16. The van der Waals surface area contributed by atoms with Crippen molar-refractivity contribution in [1.82, 2.24) is 5.32 Å². The number of hydrogen-bond acceptors (Lipinski definition) is 16. The monoisotopic (exact) mass is 545 g/mol. The lowest BCUT2D eigenvalue weighted by molar-refractivity contribution is -0.402. The predicted molar refractivity (Wildman–Crippen MR) is 113 cm³/mol. The van der Waals surface area contributed by atoms with Crippen LogP contribution in [-0.2, 0) is 23.7 Å². The number of rotatable bonds is 7. The maximum absolute atomic E-state index is 11.9. The fourth-order valence-corrected chi connectivity index (χ4v) is 4.78. The Labute approximate surface area is 210 Å². The molecule has 0 aliphatic carbocycles. The minimum Gasteiger partial charge on any atom is -0.394 e. The smallest absolute Gasteiger partial charge is 0.219 e. The van der Waals surface area contributed by atoms with E-state index < -0.39 is 117 Å². The van der Waals surface area contributed by atoms with Gasteiger partial charge in [0.05, 0.1) is 19.8 Å². The lowest BCUT2D eigenvalue weighted by Gasteiger charge is -2.55. The van der Waals surface area contributed by atoms with Crippen molar-refractivity contribution in [3.05, 3.63) is 0 Å². The molecule has 3 aliphatic heterocycles. The summed E-state index contributed by atoms with van der Waals surface area (Å²) in [6.07, 6.45) is -23.4. The zero-order valence-electron chi connectivity index (χ0n) is 19.7. The zero-order chi connectivity index (χ0) is 27.8. The van der Waals surface area contributed by atoms with E-state index in [0.29, 0.717) is 0 Å². The Bertz CT molecular complexity index is 773. The van der Waals surface area contributed by atoms with Gasteiger partial charge in [-0.2, -0.15) is 0 Å². The quantitative estimate of drug-likeness (QED) is 0.141. The van der Waals surface area contributed by atoms with Gasteiger partial charge in [-0.3, -0.25) is 4.79 Å². The highest BCUT2D eigenvalue weighted by Gasteiger charge is 2.64. The number of carbonyl (C=O) groups excluding carboxylic acids is 1. The van der Waals surface area contributed by atoms with Crippen LogP contribution in [0.25, 0.3) is 0 Å². The summed E-state index contributed by atoms with van der Waals surface area (Å²) in [4.78, 5) is 11.9. The topological polar surface area (TPSA) is 289 Å². The largest absolute Gasteiger partial charge is 0.394 e. The average molecular weight is 545 g/mol. The van der Waals surface area contributed by atoms with E-state index in [0.717, 1.165) is 6.92 Å². The van der Waals surface area contributed by atoms with E-state index in [4.69, 9.17) is 18.9 Å². The van der Waals surface area contributed by atoms with Gasteiger partial charge < -0.3 is 80.4 Å². The molecule has 2 unspecified atom stereocenters. The van der Waals surface area contributed by atoms with Crippen LogP contribution in [0, 0.1) is 0 Å². The number of aliphatic hydroxyl groups excluding tert-OH is 10. The summed E-state index contributed by atoms with van der Waals surface area (Å²) in [7, 11) is 0. The van der Waals surface area contributed by atoms with Gasteiger partial charge in [-0.15, -0.1) is 0 Å². The molecule has 0 bridgehead atoms. The molecule has 12 N–H and O–H groups in total. The minimum atomic E-state index is -2.90. The summed E-state index contributed by atoms with van der Waals surface area (Å²) in [5, 5.41) is 115. The number of amides is 1. The van der Waals surface area contributed by atoms with Crippen LogP contribution >= 0.6 is 0 Å². The van der Waals surface area contributed by atoms with Gasteiger partial charge in [0, 0.05) is 6.92 Å². The van der Waals surface area contributed by atoms with Crippen LogP contribution in [0.2, 0.25) is 0 Å². The molecule has 0 saturated carbocycles. The van der Waals surface area contributed by atoms with E-state index in [1.165, 1.54) is 0 Å². The Morgan fingerprint density at radius 3 is 1.78 bits per heavy atom. The molecule has 3 saturated heterocycles. The van der Waals surface area contributed by atoms with Gasteiger partial charge in [-0.1, -0.05) is 0 Å². The fourth-order valence-electron chi connectivity index (χ4n) is 4.78. The second kappa shape index (κ2) is 11.9. The molecule has 0 aromatic carbocycles. The van der Waals surface area contributed by atoms with E-state index in [2.05, 4.69) is 5.32 Å². The molecule has 3 rings (SSSR count). The first kappa shape index (κ1) is 30.4. The normalized spacial score (nSPS) is 51.0. The maximum Gasteiger partial charge on any atom is 0.219 e. The van der Waals surface area contributed by atoms with Crippen molar-refractivity contribution >= 4 is 5.91 Å². The van der Waals surface area contributed by atoms with Crippen LogP contribution in [-0.4, -0.2) is 173 Å². The van der Waals surface area contributed by atoms with Crippen LogP contribution in [0.5, 0.6) is 0 Å². The molecule has 17 heteroatoms. The highest BCUT2D eigenvalue weighted by molar-refractivity contribution is 5.73. The molecule has 15 atom stereocenters. The summed E-state index contributed by atoms with van der Waals surface area (Å²) >= 11 is 0. The number of carbonyl (C=O) groups is 1. The number of nitrogens with one attached hydrogen (secondary N) is 1. The summed E-state index contributed by atoms with van der Waals surface area (Å²) in [5.74, 6) is -3.73. The Kier molecular flexibility index (Phi) is 9.82. The van der Waals surface area contributed by atoms with Crippen molar-refractivity contribution in [3.8, 4) is 0 Å². The molecular weight excluding hydrogens is 510 g/mol. The molecule has 0 radical (unpaired) electrons. The molecule has 216 valence electrons. The van der Waals surface area contributed by atoms with Crippen molar-refractivity contribution in [1.29, 1.82) is 0 Å². The first-order valence-electron chi connectivity index (χ1n) is 11.5. The van der Waals surface area contributed by atoms with E-state index in [1.54, 1.807) is 0 Å². The third-order valence-electron chi connectivity index (χ3n) is 6.81. The van der Waals surface area contributed by atoms with Gasteiger partial charge in [0.2, 0.25) is 11.7 Å².